The molecule has 10 heteroatoms. The van der Waals surface area contributed by atoms with Crippen LogP contribution in [0.3, 0.4) is 0 Å². The third kappa shape index (κ3) is 11.9. The Kier molecular flexibility index (Phi) is 15.6. The molecule has 0 bridgehead atoms. The van der Waals surface area contributed by atoms with Gasteiger partial charge in [0.1, 0.15) is 11.2 Å². The van der Waals surface area contributed by atoms with Gasteiger partial charge in [-0.05, 0) is 65.3 Å². The van der Waals surface area contributed by atoms with Crippen LogP contribution in [0, 0.1) is 0 Å². The molecule has 0 saturated carbocycles. The maximum Gasteiger partial charge on any atom is 0.410 e. The Morgan fingerprint density at radius 3 is 1.44 bits per heavy atom. The topological polar surface area (TPSA) is 118 Å². The molecule has 9 rings (SSSR count). The maximum absolute atomic E-state index is 12.2. The Morgan fingerprint density at radius 2 is 0.949 bits per heavy atom. The molecular formula is C49H70N6O4. The van der Waals surface area contributed by atoms with E-state index in [2.05, 4.69) is 28.5 Å². The van der Waals surface area contributed by atoms with Crippen LogP contribution in [0.25, 0.3) is 32.7 Å². The molecule has 3 aromatic heterocycles. The first-order valence-electron chi connectivity index (χ1n) is 22.5. The third-order valence-electron chi connectivity index (χ3n) is 9.66. The lowest BCUT2D eigenvalue weighted by molar-refractivity contribution is 0.0214. The quantitative estimate of drug-likeness (QED) is 0.122. The second-order valence-electron chi connectivity index (χ2n) is 16.0. The molecule has 0 radical (unpaired) electrons. The molecule has 320 valence electrons. The van der Waals surface area contributed by atoms with E-state index in [1.165, 1.54) is 38.3 Å². The summed E-state index contributed by atoms with van der Waals surface area (Å²) < 4.78 is 27.1. The number of rotatable bonds is 0. The van der Waals surface area contributed by atoms with E-state index in [0.29, 0.717) is 32.6 Å². The SMILES string of the molecule is CC.CC.CC.CC(C)(C)OC(=O)N1CCc2[nH]c3ccccc3c2C1.[3H]n1c2c(c3ccccc31)CN(C(=O)OC(C)(C)C)CC2.[3H]n1c2c(c3ccccc31)CNCC2. The van der Waals surface area contributed by atoms with Crippen molar-refractivity contribution in [2.24, 2.45) is 0 Å². The van der Waals surface area contributed by atoms with Crippen molar-refractivity contribution in [3.8, 4) is 0 Å². The number of H-pyrrole nitrogens is 3. The van der Waals surface area contributed by atoms with Gasteiger partial charge in [-0.25, -0.2) is 9.59 Å². The summed E-state index contributed by atoms with van der Waals surface area (Å²) in [5, 5.41) is 6.83. The van der Waals surface area contributed by atoms with Crippen molar-refractivity contribution < 1.29 is 21.9 Å². The normalized spacial score (nSPS) is 14.6. The molecule has 2 amide bonds. The average molecular weight is 811 g/mol. The Morgan fingerprint density at radius 1 is 0.559 bits per heavy atom. The van der Waals surface area contributed by atoms with Gasteiger partial charge in [-0.15, -0.1) is 0 Å². The van der Waals surface area contributed by atoms with Crippen molar-refractivity contribution in [3.05, 3.63) is 107 Å². The Labute approximate surface area is 355 Å². The second-order valence-corrected chi connectivity index (χ2v) is 16.0. The molecule has 3 aliphatic heterocycles. The first-order chi connectivity index (χ1) is 29.2. The van der Waals surface area contributed by atoms with Crippen LogP contribution in [0.2, 0.25) is 2.82 Å². The van der Waals surface area contributed by atoms with Crippen LogP contribution in [-0.2, 0) is 48.4 Å². The largest absolute Gasteiger partial charge is 0.444 e. The highest BCUT2D eigenvalue weighted by atomic mass is 16.6. The van der Waals surface area contributed by atoms with Crippen molar-refractivity contribution in [2.75, 3.05) is 19.6 Å². The van der Waals surface area contributed by atoms with E-state index in [9.17, 15) is 9.59 Å². The molecule has 6 heterocycles. The number of carbonyl (C=O) groups excluding carboxylic acids is 2. The lowest BCUT2D eigenvalue weighted by Gasteiger charge is -2.30. The molecule has 4 N–H and O–H groups in total. The van der Waals surface area contributed by atoms with Crippen LogP contribution in [0.15, 0.2) is 72.8 Å². The van der Waals surface area contributed by atoms with Crippen LogP contribution in [0.1, 0.15) is 117 Å². The lowest BCUT2D eigenvalue weighted by Crippen LogP contribution is -2.39. The van der Waals surface area contributed by atoms with E-state index in [1.807, 2.05) is 138 Å². The number of para-hydroxylation sites is 3. The van der Waals surface area contributed by atoms with E-state index < -0.39 is 11.2 Å². The molecule has 0 aliphatic carbocycles. The number of hydrogen-bond acceptors (Lipinski definition) is 5. The van der Waals surface area contributed by atoms with Gasteiger partial charge in [0, 0.05) is 106 Å². The Hall–Kier alpha value is -5.22. The second kappa shape index (κ2) is 21.2. The van der Waals surface area contributed by atoms with E-state index in [-0.39, 0.29) is 12.2 Å². The standard InChI is InChI=1S/2C16H20N2O2.C11H12N2.3C2H6/c2*1-16(2,3)20-15(19)18-9-8-14-12(10-18)11-6-4-5-7-13(11)17-14;1-2-4-10-8(3-1)9-7-12-6-5-11(9)13-10;3*1-2/h2*4-7,17H,8-10H2,1-3H3;1-4,12-13H,5-7H2;3*1-2H3/i/hT2. The molecule has 0 spiro atoms. The van der Waals surface area contributed by atoms with Gasteiger partial charge in [0.15, 0.2) is 2.82 Å². The number of carbonyl (C=O) groups is 2. The minimum atomic E-state index is -0.485. The van der Waals surface area contributed by atoms with Gasteiger partial charge in [0.25, 0.3) is 0 Å². The van der Waals surface area contributed by atoms with Gasteiger partial charge in [-0.2, -0.15) is 0 Å². The van der Waals surface area contributed by atoms with Crippen molar-refractivity contribution >= 4 is 44.9 Å². The van der Waals surface area contributed by atoms with E-state index in [1.54, 1.807) is 14.8 Å². The minimum Gasteiger partial charge on any atom is -0.444 e. The Balaban J connectivity index is 0.000000192. The zero-order valence-electron chi connectivity index (χ0n) is 39.7. The highest BCUT2D eigenvalue weighted by Crippen LogP contribution is 2.30. The summed E-state index contributed by atoms with van der Waals surface area (Å²) >= 11 is 0. The molecule has 10 nitrogen and oxygen atoms in total. The number of aromatic amines is 3. The summed E-state index contributed by atoms with van der Waals surface area (Å²) in [7, 11) is 0. The smallest absolute Gasteiger partial charge is 0.410 e. The van der Waals surface area contributed by atoms with Crippen LogP contribution in [0.4, 0.5) is 9.59 Å². The number of nitrogens with one attached hydrogen (secondary N) is 4. The summed E-state index contributed by atoms with van der Waals surface area (Å²) in [6.07, 6.45) is 1.99. The number of ether oxygens (including phenoxy) is 2. The molecule has 3 aliphatic rings. The van der Waals surface area contributed by atoms with Crippen molar-refractivity contribution in [1.29, 1.82) is 0 Å². The number of amides is 2. The molecule has 0 unspecified atom stereocenters. The lowest BCUT2D eigenvalue weighted by atomic mass is 10.1. The maximum atomic E-state index is 12.2. The molecule has 0 saturated heterocycles. The average Bonchev–Trinajstić information content (AvgIpc) is 3.89. The zero-order valence-corrected chi connectivity index (χ0v) is 37.7. The van der Waals surface area contributed by atoms with Gasteiger partial charge in [0.05, 0.1) is 13.1 Å². The fourth-order valence-electron chi connectivity index (χ4n) is 7.24. The molecule has 6 aromatic rings. The monoisotopic (exact) mass is 811 g/mol. The van der Waals surface area contributed by atoms with Crippen LogP contribution >= 0.6 is 0 Å². The number of benzene rings is 3. The fraction of sp³-hybridized carbons (Fsp3) is 0.469. The van der Waals surface area contributed by atoms with Gasteiger partial charge < -0.3 is 39.5 Å². The van der Waals surface area contributed by atoms with Crippen LogP contribution < -0.4 is 5.32 Å². The van der Waals surface area contributed by atoms with Crippen LogP contribution in [-0.4, -0.2) is 67.8 Å². The number of aromatic nitrogens is 3. The summed E-state index contributed by atoms with van der Waals surface area (Å²) in [5.74, 6) is 0. The van der Waals surface area contributed by atoms with Gasteiger partial charge >= 0.3 is 12.2 Å². The van der Waals surface area contributed by atoms with Gasteiger partial charge in [-0.3, -0.25) is 0 Å². The summed E-state index contributed by atoms with van der Waals surface area (Å²) in [6.45, 7) is 27.6. The first kappa shape index (κ1) is 43.4. The number of fused-ring (bicyclic) bond motifs is 9. The van der Waals surface area contributed by atoms with Gasteiger partial charge in [0.2, 0.25) is 0 Å². The minimum absolute atomic E-state index is 0.228. The zero-order chi connectivity index (χ0) is 45.1. The third-order valence-corrected chi connectivity index (χ3v) is 9.66. The van der Waals surface area contributed by atoms with Crippen molar-refractivity contribution in [2.45, 2.75) is 133 Å². The predicted molar refractivity (Wildman–Crippen MR) is 245 cm³/mol. The molecular weight excluding hydrogens is 737 g/mol. The van der Waals surface area contributed by atoms with Crippen molar-refractivity contribution in [3.63, 3.8) is 0 Å². The van der Waals surface area contributed by atoms with Crippen molar-refractivity contribution in [1.82, 2.24) is 30.1 Å². The predicted octanol–water partition coefficient (Wildman–Crippen LogP) is 11.8. The van der Waals surface area contributed by atoms with Gasteiger partial charge in [-0.1, -0.05) is 96.1 Å². The van der Waals surface area contributed by atoms with E-state index in [0.717, 1.165) is 59.1 Å². The number of nitrogens with zero attached hydrogens (tertiary/aromatic N) is 2. The molecule has 0 atom stereocenters. The Bertz CT molecular complexity index is 2360. The van der Waals surface area contributed by atoms with Crippen LogP contribution in [0.5, 0.6) is 0 Å². The first-order valence-corrected chi connectivity index (χ1v) is 21.6. The van der Waals surface area contributed by atoms with E-state index in [4.69, 9.17) is 12.3 Å². The highest BCUT2D eigenvalue weighted by molar-refractivity contribution is 5.87. The fourth-order valence-corrected chi connectivity index (χ4v) is 7.24. The molecule has 3 aromatic carbocycles. The summed E-state index contributed by atoms with van der Waals surface area (Å²) in [5.41, 5.74) is 9.14. The molecule has 59 heavy (non-hydrogen) atoms. The summed E-state index contributed by atoms with van der Waals surface area (Å²) in [4.78, 5) is 34.4. The number of hydrogen-bond donors (Lipinski definition) is 4. The highest BCUT2D eigenvalue weighted by Gasteiger charge is 2.29. The summed E-state index contributed by atoms with van der Waals surface area (Å²) in [6, 6.07) is 24.2. The van der Waals surface area contributed by atoms with E-state index >= 15 is 0 Å². The molecule has 0 fully saturated rings.